The minimum Gasteiger partial charge on any atom is -0.481 e. The molecule has 0 aliphatic rings. The number of halogens is 1. The third-order valence-electron chi connectivity index (χ3n) is 3.67. The van der Waals surface area contributed by atoms with Crippen molar-refractivity contribution in [3.8, 4) is 11.3 Å². The molecule has 5 nitrogen and oxygen atoms in total. The summed E-state index contributed by atoms with van der Waals surface area (Å²) in [6.45, 7) is 1.98. The topological polar surface area (TPSA) is 79.3 Å². The first-order valence-corrected chi connectivity index (χ1v) is 8.12. The third-order valence-corrected chi connectivity index (χ3v) is 4.00. The summed E-state index contributed by atoms with van der Waals surface area (Å²) >= 11 is 6.12. The zero-order chi connectivity index (χ0) is 17.5. The molecule has 24 heavy (non-hydrogen) atoms. The number of nitrogens with zero attached hydrogens (tertiary/aromatic N) is 1. The van der Waals surface area contributed by atoms with Crippen LogP contribution in [0.3, 0.4) is 0 Å². The molecule has 2 N–H and O–H groups in total. The molecule has 1 amide bonds. The standard InChI is InChI=1S/C18H19ClN2O3/c1-2-5-13(18(23)24)11-21-17(22)14-10-12(7-8-15(14)19)16-6-3-4-9-20-16/h3-4,6-10,13H,2,5,11H2,1H3,(H,21,22)(H,23,24). The number of carboxylic acid groups (broad SMARTS) is 1. The van der Waals surface area contributed by atoms with E-state index in [4.69, 9.17) is 16.7 Å². The van der Waals surface area contributed by atoms with Gasteiger partial charge in [0.2, 0.25) is 0 Å². The molecule has 0 radical (unpaired) electrons. The molecule has 1 aromatic heterocycles. The summed E-state index contributed by atoms with van der Waals surface area (Å²) in [7, 11) is 0. The zero-order valence-corrected chi connectivity index (χ0v) is 14.1. The van der Waals surface area contributed by atoms with Gasteiger partial charge in [-0.1, -0.05) is 37.1 Å². The van der Waals surface area contributed by atoms with Crippen LogP contribution in [0.25, 0.3) is 11.3 Å². The third kappa shape index (κ3) is 4.55. The number of benzene rings is 1. The molecule has 0 fully saturated rings. The zero-order valence-electron chi connectivity index (χ0n) is 13.3. The van der Waals surface area contributed by atoms with E-state index in [1.165, 1.54) is 0 Å². The number of hydrogen-bond donors (Lipinski definition) is 2. The van der Waals surface area contributed by atoms with Gasteiger partial charge in [0.05, 0.1) is 22.2 Å². The number of nitrogens with one attached hydrogen (secondary N) is 1. The van der Waals surface area contributed by atoms with Crippen LogP contribution in [0.2, 0.25) is 5.02 Å². The van der Waals surface area contributed by atoms with E-state index in [9.17, 15) is 9.59 Å². The van der Waals surface area contributed by atoms with E-state index in [2.05, 4.69) is 10.3 Å². The van der Waals surface area contributed by atoms with Crippen LogP contribution in [-0.4, -0.2) is 28.5 Å². The molecule has 1 atom stereocenters. The van der Waals surface area contributed by atoms with Gasteiger partial charge in [0, 0.05) is 18.3 Å². The van der Waals surface area contributed by atoms with Gasteiger partial charge in [-0.05, 0) is 30.7 Å². The molecule has 0 aliphatic heterocycles. The van der Waals surface area contributed by atoms with Crippen molar-refractivity contribution < 1.29 is 14.7 Å². The van der Waals surface area contributed by atoms with Crippen LogP contribution < -0.4 is 5.32 Å². The number of carbonyl (C=O) groups excluding carboxylic acids is 1. The molecule has 1 unspecified atom stereocenters. The molecule has 2 aromatic rings. The number of carboxylic acids is 1. The van der Waals surface area contributed by atoms with E-state index < -0.39 is 11.9 Å². The molecule has 0 bridgehead atoms. The Morgan fingerprint density at radius 2 is 2.08 bits per heavy atom. The highest BCUT2D eigenvalue weighted by molar-refractivity contribution is 6.34. The lowest BCUT2D eigenvalue weighted by Crippen LogP contribution is -2.33. The quantitative estimate of drug-likeness (QED) is 0.802. The highest BCUT2D eigenvalue weighted by atomic mass is 35.5. The van der Waals surface area contributed by atoms with Crippen molar-refractivity contribution in [3.63, 3.8) is 0 Å². The fraction of sp³-hybridized carbons (Fsp3) is 0.278. The van der Waals surface area contributed by atoms with Gasteiger partial charge in [-0.15, -0.1) is 0 Å². The number of aliphatic carboxylic acids is 1. The van der Waals surface area contributed by atoms with Crippen LogP contribution in [0.1, 0.15) is 30.1 Å². The van der Waals surface area contributed by atoms with Crippen molar-refractivity contribution in [2.24, 2.45) is 5.92 Å². The molecule has 0 saturated carbocycles. The fourth-order valence-electron chi connectivity index (χ4n) is 2.36. The average Bonchev–Trinajstić information content (AvgIpc) is 2.59. The van der Waals surface area contributed by atoms with Gasteiger partial charge >= 0.3 is 5.97 Å². The highest BCUT2D eigenvalue weighted by Crippen LogP contribution is 2.24. The normalized spacial score (nSPS) is 11.8. The van der Waals surface area contributed by atoms with E-state index in [0.29, 0.717) is 17.0 Å². The number of rotatable bonds is 7. The summed E-state index contributed by atoms with van der Waals surface area (Å²) in [5, 5.41) is 12.1. The van der Waals surface area contributed by atoms with Crippen LogP contribution in [0.15, 0.2) is 42.6 Å². The van der Waals surface area contributed by atoms with Gasteiger partial charge < -0.3 is 10.4 Å². The predicted molar refractivity (Wildman–Crippen MR) is 93.1 cm³/mol. The van der Waals surface area contributed by atoms with Gasteiger partial charge in [-0.2, -0.15) is 0 Å². The Hall–Kier alpha value is -2.40. The van der Waals surface area contributed by atoms with E-state index in [1.807, 2.05) is 25.1 Å². The summed E-state index contributed by atoms with van der Waals surface area (Å²) < 4.78 is 0. The number of hydrogen-bond acceptors (Lipinski definition) is 3. The second-order valence-electron chi connectivity index (χ2n) is 5.44. The number of carbonyl (C=O) groups is 2. The maximum absolute atomic E-state index is 12.4. The lowest BCUT2D eigenvalue weighted by molar-refractivity contribution is -0.141. The Morgan fingerprint density at radius 3 is 2.71 bits per heavy atom. The van der Waals surface area contributed by atoms with Crippen molar-refractivity contribution in [1.82, 2.24) is 10.3 Å². The van der Waals surface area contributed by atoms with Crippen LogP contribution in [0.5, 0.6) is 0 Å². The lowest BCUT2D eigenvalue weighted by Gasteiger charge is -2.13. The van der Waals surface area contributed by atoms with Gasteiger partial charge in [0.1, 0.15) is 0 Å². The SMILES string of the molecule is CCCC(CNC(=O)c1cc(-c2ccccn2)ccc1Cl)C(=O)O. The second-order valence-corrected chi connectivity index (χ2v) is 5.85. The van der Waals surface area contributed by atoms with Gasteiger partial charge in [-0.3, -0.25) is 14.6 Å². The first-order chi connectivity index (χ1) is 11.5. The van der Waals surface area contributed by atoms with Crippen LogP contribution in [-0.2, 0) is 4.79 Å². The Bertz CT molecular complexity index is 719. The monoisotopic (exact) mass is 346 g/mol. The van der Waals surface area contributed by atoms with Gasteiger partial charge in [0.25, 0.3) is 5.91 Å². The summed E-state index contributed by atoms with van der Waals surface area (Å²) in [5.41, 5.74) is 1.81. The number of pyridine rings is 1. The van der Waals surface area contributed by atoms with Crippen molar-refractivity contribution in [2.75, 3.05) is 6.54 Å². The van der Waals surface area contributed by atoms with E-state index >= 15 is 0 Å². The molecule has 0 aliphatic carbocycles. The van der Waals surface area contributed by atoms with E-state index in [0.717, 1.165) is 17.7 Å². The minimum absolute atomic E-state index is 0.0755. The predicted octanol–water partition coefficient (Wildman–Crippen LogP) is 3.63. The average molecular weight is 347 g/mol. The maximum atomic E-state index is 12.4. The lowest BCUT2D eigenvalue weighted by atomic mass is 10.0. The van der Waals surface area contributed by atoms with Crippen molar-refractivity contribution in [1.29, 1.82) is 0 Å². The van der Waals surface area contributed by atoms with Crippen LogP contribution >= 0.6 is 11.6 Å². The van der Waals surface area contributed by atoms with Crippen molar-refractivity contribution >= 4 is 23.5 Å². The number of aromatic nitrogens is 1. The van der Waals surface area contributed by atoms with Gasteiger partial charge in [0.15, 0.2) is 0 Å². The molecule has 1 heterocycles. The molecular formula is C18H19ClN2O3. The van der Waals surface area contributed by atoms with Crippen LogP contribution in [0.4, 0.5) is 0 Å². The highest BCUT2D eigenvalue weighted by Gasteiger charge is 2.19. The second kappa shape index (κ2) is 8.45. The molecular weight excluding hydrogens is 328 g/mol. The largest absolute Gasteiger partial charge is 0.481 e. The molecule has 0 saturated heterocycles. The fourth-order valence-corrected chi connectivity index (χ4v) is 2.57. The Balaban J connectivity index is 2.15. The summed E-state index contributed by atoms with van der Waals surface area (Å²) in [4.78, 5) is 27.8. The molecule has 1 aromatic carbocycles. The van der Waals surface area contributed by atoms with Crippen molar-refractivity contribution in [3.05, 3.63) is 53.2 Å². The summed E-state index contributed by atoms with van der Waals surface area (Å²) in [6, 6.07) is 10.6. The van der Waals surface area contributed by atoms with Gasteiger partial charge in [-0.25, -0.2) is 0 Å². The molecule has 126 valence electrons. The summed E-state index contributed by atoms with van der Waals surface area (Å²) in [5.74, 6) is -1.90. The van der Waals surface area contributed by atoms with Crippen molar-refractivity contribution in [2.45, 2.75) is 19.8 Å². The smallest absolute Gasteiger partial charge is 0.308 e. The molecule has 2 rings (SSSR count). The molecule has 0 spiro atoms. The Labute approximate surface area is 145 Å². The van der Waals surface area contributed by atoms with E-state index in [-0.39, 0.29) is 12.5 Å². The van der Waals surface area contributed by atoms with E-state index in [1.54, 1.807) is 24.4 Å². The Kier molecular flexibility index (Phi) is 6.32. The Morgan fingerprint density at radius 1 is 1.29 bits per heavy atom. The summed E-state index contributed by atoms with van der Waals surface area (Å²) in [6.07, 6.45) is 2.92. The molecule has 6 heteroatoms. The minimum atomic E-state index is -0.912. The number of amides is 1. The first kappa shape index (κ1) is 17.9. The first-order valence-electron chi connectivity index (χ1n) is 7.75. The van der Waals surface area contributed by atoms with Crippen LogP contribution in [0, 0.1) is 5.92 Å². The maximum Gasteiger partial charge on any atom is 0.308 e.